The molecule has 0 unspecified atom stereocenters. The highest BCUT2D eigenvalue weighted by atomic mass is 16.5. The minimum absolute atomic E-state index is 0.00659. The van der Waals surface area contributed by atoms with Crippen molar-refractivity contribution in [3.05, 3.63) is 93.9 Å². The summed E-state index contributed by atoms with van der Waals surface area (Å²) < 4.78 is 8.22. The number of hydrogen-bond acceptors (Lipinski definition) is 6. The molecule has 2 saturated carbocycles. The van der Waals surface area contributed by atoms with Crippen LogP contribution < -0.4 is 25.8 Å². The first kappa shape index (κ1) is 31.6. The van der Waals surface area contributed by atoms with Crippen molar-refractivity contribution in [3.63, 3.8) is 0 Å². The summed E-state index contributed by atoms with van der Waals surface area (Å²) in [5.74, 6) is 0.451. The van der Waals surface area contributed by atoms with Crippen LogP contribution in [0.3, 0.4) is 0 Å². The molecule has 3 N–H and O–H groups in total. The summed E-state index contributed by atoms with van der Waals surface area (Å²) in [5.41, 5.74) is 2.30. The topological polar surface area (TPSA) is 113 Å². The standard InChI is InChI=1S/C38H46N4O5/c43-33(24-39-31-23-38(18-8-9-19-38)47-34-16-7-6-15-29(31)34)30(21-26-11-2-1-3-12-26)40-36(45)27-22-32(41-20-10-17-35(41)44)37(46)42(25-27)28-13-4-5-14-28/h1-3,6-7,11-12,15-16,22,25,28,30-31,33,39,43H,4-5,8-10,13-14,17-21,23-24H2,(H,40,45)/t30-,31-,33+/m0/s1. The Balaban J connectivity index is 1.14. The lowest BCUT2D eigenvalue weighted by atomic mass is 9.85. The van der Waals surface area contributed by atoms with Crippen molar-refractivity contribution in [3.8, 4) is 5.75 Å². The van der Waals surface area contributed by atoms with Crippen LogP contribution in [0.1, 0.15) is 104 Å². The number of pyridine rings is 1. The van der Waals surface area contributed by atoms with Crippen molar-refractivity contribution < 1.29 is 19.4 Å². The van der Waals surface area contributed by atoms with Gasteiger partial charge in [-0.3, -0.25) is 14.4 Å². The van der Waals surface area contributed by atoms with Crippen molar-refractivity contribution in [2.45, 2.75) is 107 Å². The van der Waals surface area contributed by atoms with Gasteiger partial charge >= 0.3 is 0 Å². The summed E-state index contributed by atoms with van der Waals surface area (Å²) in [6, 6.07) is 19.0. The lowest BCUT2D eigenvalue weighted by Crippen LogP contribution is -2.50. The normalized spacial score (nSPS) is 21.9. The van der Waals surface area contributed by atoms with Gasteiger partial charge in [0, 0.05) is 49.8 Å². The second-order valence-electron chi connectivity index (χ2n) is 13.9. The summed E-state index contributed by atoms with van der Waals surface area (Å²) in [6.07, 6.45) is 11.3. The van der Waals surface area contributed by atoms with E-state index in [4.69, 9.17) is 4.74 Å². The molecule has 2 aromatic carbocycles. The molecule has 7 rings (SSSR count). The van der Waals surface area contributed by atoms with E-state index in [1.54, 1.807) is 16.8 Å². The zero-order valence-electron chi connectivity index (χ0n) is 27.0. The van der Waals surface area contributed by atoms with Crippen LogP contribution in [-0.4, -0.2) is 52.3 Å². The highest BCUT2D eigenvalue weighted by Gasteiger charge is 2.43. The van der Waals surface area contributed by atoms with Gasteiger partial charge in [0.05, 0.1) is 17.7 Å². The molecule has 3 fully saturated rings. The number of para-hydroxylation sites is 1. The molecule has 1 spiro atoms. The number of aliphatic hydroxyl groups excluding tert-OH is 1. The molecule has 3 heterocycles. The minimum atomic E-state index is -0.894. The summed E-state index contributed by atoms with van der Waals surface area (Å²) in [4.78, 5) is 41.9. The first-order chi connectivity index (χ1) is 22.9. The van der Waals surface area contributed by atoms with Gasteiger partial charge in [0.15, 0.2) is 0 Å². The molecule has 47 heavy (non-hydrogen) atoms. The fraction of sp³-hybridized carbons (Fsp3) is 0.500. The summed E-state index contributed by atoms with van der Waals surface area (Å²) >= 11 is 0. The van der Waals surface area contributed by atoms with Gasteiger partial charge in [-0.2, -0.15) is 0 Å². The Morgan fingerprint density at radius 2 is 1.72 bits per heavy atom. The summed E-state index contributed by atoms with van der Waals surface area (Å²) in [7, 11) is 0. The maximum Gasteiger partial charge on any atom is 0.274 e. The average molecular weight is 639 g/mol. The number of ether oxygens (including phenoxy) is 1. The van der Waals surface area contributed by atoms with Gasteiger partial charge in [0.2, 0.25) is 5.91 Å². The van der Waals surface area contributed by atoms with Gasteiger partial charge in [0.1, 0.15) is 17.0 Å². The van der Waals surface area contributed by atoms with Crippen LogP contribution in [-0.2, 0) is 11.2 Å². The Kier molecular flexibility index (Phi) is 9.19. The zero-order chi connectivity index (χ0) is 32.4. The third-order valence-corrected chi connectivity index (χ3v) is 10.7. The first-order valence-electron chi connectivity index (χ1n) is 17.5. The highest BCUT2D eigenvalue weighted by Crippen LogP contribution is 2.47. The Morgan fingerprint density at radius 1 is 0.979 bits per heavy atom. The SMILES string of the molecule is O=C(N[C@@H](Cc1ccccc1)[C@H](O)CN[C@H]1CC2(CCCC2)Oc2ccccc21)c1cc(N2CCCC2=O)c(=O)n(C2CCCC2)c1. The number of carbonyl (C=O) groups excluding carboxylic acids is 2. The number of aromatic nitrogens is 1. The molecular weight excluding hydrogens is 592 g/mol. The van der Waals surface area contributed by atoms with Gasteiger partial charge in [0.25, 0.3) is 11.5 Å². The zero-order valence-corrected chi connectivity index (χ0v) is 27.0. The van der Waals surface area contributed by atoms with Crippen molar-refractivity contribution in [2.75, 3.05) is 18.0 Å². The fourth-order valence-corrected chi connectivity index (χ4v) is 8.20. The predicted molar refractivity (Wildman–Crippen MR) is 181 cm³/mol. The second kappa shape index (κ2) is 13.6. The molecule has 248 valence electrons. The number of rotatable bonds is 10. The molecule has 0 bridgehead atoms. The number of benzene rings is 2. The number of nitrogens with one attached hydrogen (secondary N) is 2. The molecule has 4 aliphatic rings. The summed E-state index contributed by atoms with van der Waals surface area (Å²) in [5, 5.41) is 18.5. The van der Waals surface area contributed by atoms with E-state index in [0.29, 0.717) is 31.4 Å². The van der Waals surface area contributed by atoms with E-state index in [1.807, 2.05) is 48.5 Å². The smallest absolute Gasteiger partial charge is 0.274 e. The number of nitrogens with zero attached hydrogens (tertiary/aromatic N) is 2. The molecule has 2 aliphatic heterocycles. The minimum Gasteiger partial charge on any atom is -0.487 e. The quantitative estimate of drug-likeness (QED) is 0.281. The molecule has 9 nitrogen and oxygen atoms in total. The maximum absolute atomic E-state index is 14.0. The monoisotopic (exact) mass is 638 g/mol. The third kappa shape index (κ3) is 6.74. The van der Waals surface area contributed by atoms with Gasteiger partial charge in [-0.1, -0.05) is 61.4 Å². The lowest BCUT2D eigenvalue weighted by molar-refractivity contribution is -0.117. The second-order valence-corrected chi connectivity index (χ2v) is 13.9. The number of anilines is 1. The summed E-state index contributed by atoms with van der Waals surface area (Å²) in [6.45, 7) is 0.753. The predicted octanol–water partition coefficient (Wildman–Crippen LogP) is 5.22. The van der Waals surface area contributed by atoms with Crippen LogP contribution in [0.15, 0.2) is 71.7 Å². The van der Waals surface area contributed by atoms with Crippen LogP contribution >= 0.6 is 0 Å². The van der Waals surface area contributed by atoms with E-state index in [-0.39, 0.29) is 47.3 Å². The van der Waals surface area contributed by atoms with Crippen molar-refractivity contribution >= 4 is 17.5 Å². The molecule has 3 atom stereocenters. The number of aliphatic hydroxyl groups is 1. The van der Waals surface area contributed by atoms with Crippen LogP contribution in [0, 0.1) is 0 Å². The fourth-order valence-electron chi connectivity index (χ4n) is 8.20. The lowest BCUT2D eigenvalue weighted by Gasteiger charge is -2.40. The van der Waals surface area contributed by atoms with Gasteiger partial charge in [-0.15, -0.1) is 0 Å². The van der Waals surface area contributed by atoms with Crippen molar-refractivity contribution in [1.29, 1.82) is 0 Å². The number of fused-ring (bicyclic) bond motifs is 1. The number of hydrogen-bond donors (Lipinski definition) is 3. The number of amides is 2. The van der Waals surface area contributed by atoms with Crippen molar-refractivity contribution in [2.24, 2.45) is 0 Å². The van der Waals surface area contributed by atoms with Crippen LogP contribution in [0.5, 0.6) is 5.75 Å². The van der Waals surface area contributed by atoms with E-state index < -0.39 is 12.1 Å². The average Bonchev–Trinajstić information content (AvgIpc) is 3.87. The molecule has 2 aliphatic carbocycles. The van der Waals surface area contributed by atoms with E-state index in [0.717, 1.165) is 74.7 Å². The van der Waals surface area contributed by atoms with E-state index in [9.17, 15) is 19.5 Å². The third-order valence-electron chi connectivity index (χ3n) is 10.7. The van der Waals surface area contributed by atoms with Gasteiger partial charge in [-0.05, 0) is 69.1 Å². The molecule has 2 amide bonds. The Bertz CT molecular complexity index is 1640. The number of carbonyl (C=O) groups is 2. The van der Waals surface area contributed by atoms with E-state index >= 15 is 0 Å². The Morgan fingerprint density at radius 3 is 2.47 bits per heavy atom. The first-order valence-corrected chi connectivity index (χ1v) is 17.5. The van der Waals surface area contributed by atoms with Crippen LogP contribution in [0.4, 0.5) is 5.69 Å². The van der Waals surface area contributed by atoms with Crippen LogP contribution in [0.2, 0.25) is 0 Å². The van der Waals surface area contributed by atoms with E-state index in [2.05, 4.69) is 16.7 Å². The Labute approximate surface area is 276 Å². The molecule has 1 aromatic heterocycles. The largest absolute Gasteiger partial charge is 0.487 e. The van der Waals surface area contributed by atoms with E-state index in [1.165, 1.54) is 4.90 Å². The molecular formula is C38H46N4O5. The Hall–Kier alpha value is -3.95. The van der Waals surface area contributed by atoms with Gasteiger partial charge in [-0.25, -0.2) is 0 Å². The highest BCUT2D eigenvalue weighted by molar-refractivity contribution is 5.98. The van der Waals surface area contributed by atoms with Crippen molar-refractivity contribution in [1.82, 2.24) is 15.2 Å². The molecule has 9 heteroatoms. The molecule has 3 aromatic rings. The van der Waals surface area contributed by atoms with Gasteiger partial charge < -0.3 is 29.9 Å². The van der Waals surface area contributed by atoms with Crippen LogP contribution in [0.25, 0.3) is 0 Å². The maximum atomic E-state index is 14.0. The molecule has 0 radical (unpaired) electrons. The molecule has 1 saturated heterocycles.